The number of nitrogens with one attached hydrogen (secondary N) is 1. The van der Waals surface area contributed by atoms with Crippen molar-refractivity contribution < 1.29 is 17.9 Å². The minimum Gasteiger partial charge on any atom is -0.464 e. The van der Waals surface area contributed by atoms with Gasteiger partial charge in [0.25, 0.3) is 5.76 Å². The van der Waals surface area contributed by atoms with E-state index in [1.807, 2.05) is 19.9 Å². The Hall–Kier alpha value is -0.590. The molecule has 0 aliphatic rings. The second-order valence-corrected chi connectivity index (χ2v) is 4.86. The zero-order valence-electron chi connectivity index (χ0n) is 10.6. The molecular weight excluding hydrogens is 260 g/mol. The fourth-order valence-corrected chi connectivity index (χ4v) is 1.81. The smallest absolute Gasteiger partial charge is 0.284 e. The molecule has 1 N–H and O–H groups in total. The maximum atomic E-state index is 12.0. The van der Waals surface area contributed by atoms with Gasteiger partial charge >= 0.3 is 0 Å². The van der Waals surface area contributed by atoms with Crippen LogP contribution >= 0.6 is 11.8 Å². The van der Waals surface area contributed by atoms with Gasteiger partial charge in [-0.3, -0.25) is 0 Å². The van der Waals surface area contributed by atoms with Crippen LogP contribution in [0.3, 0.4) is 0 Å². The summed E-state index contributed by atoms with van der Waals surface area (Å²) in [5.41, 5.74) is 0. The molecule has 1 heterocycles. The molecule has 0 amide bonds. The van der Waals surface area contributed by atoms with Crippen molar-refractivity contribution in [3.8, 4) is 0 Å². The molecule has 1 rings (SSSR count). The second-order valence-electron chi connectivity index (χ2n) is 3.88. The molecule has 0 spiro atoms. The first kappa shape index (κ1) is 15.5. The van der Waals surface area contributed by atoms with E-state index in [4.69, 9.17) is 9.15 Å². The summed E-state index contributed by atoms with van der Waals surface area (Å²) in [6.45, 7) is 5.89. The summed E-state index contributed by atoms with van der Waals surface area (Å²) in [4.78, 5) is 0. The fraction of sp³-hybridized carbons (Fsp3) is 0.667. The third kappa shape index (κ3) is 6.37. The third-order valence-electron chi connectivity index (χ3n) is 2.27. The van der Waals surface area contributed by atoms with Crippen LogP contribution in [0.15, 0.2) is 16.5 Å². The van der Waals surface area contributed by atoms with Crippen LogP contribution in [-0.2, 0) is 17.0 Å². The molecule has 0 radical (unpaired) electrons. The van der Waals surface area contributed by atoms with E-state index in [0.717, 1.165) is 5.76 Å². The molecule has 3 nitrogen and oxygen atoms in total. The summed E-state index contributed by atoms with van der Waals surface area (Å²) in [5, 5.41) is 3.24. The number of rotatable bonds is 9. The van der Waals surface area contributed by atoms with E-state index in [1.54, 1.807) is 6.07 Å². The van der Waals surface area contributed by atoms with E-state index < -0.39 is 5.76 Å². The first-order chi connectivity index (χ1) is 8.61. The van der Waals surface area contributed by atoms with E-state index in [9.17, 15) is 8.78 Å². The van der Waals surface area contributed by atoms with Gasteiger partial charge in [0.1, 0.15) is 11.5 Å². The highest BCUT2D eigenvalue weighted by Gasteiger charge is 2.08. The average Bonchev–Trinajstić information content (AvgIpc) is 2.79. The zero-order chi connectivity index (χ0) is 13.4. The highest BCUT2D eigenvalue weighted by Crippen LogP contribution is 2.21. The lowest BCUT2D eigenvalue weighted by atomic mass is 10.3. The van der Waals surface area contributed by atoms with Gasteiger partial charge in [0, 0.05) is 12.6 Å². The fourth-order valence-electron chi connectivity index (χ4n) is 1.37. The van der Waals surface area contributed by atoms with Crippen LogP contribution in [0.5, 0.6) is 0 Å². The van der Waals surface area contributed by atoms with Crippen LogP contribution in [-0.4, -0.2) is 25.0 Å². The van der Waals surface area contributed by atoms with Gasteiger partial charge in [-0.05, 0) is 26.0 Å². The predicted octanol–water partition coefficient (Wildman–Crippen LogP) is 3.25. The molecule has 0 saturated carbocycles. The third-order valence-corrected chi connectivity index (χ3v) is 2.97. The van der Waals surface area contributed by atoms with Crippen molar-refractivity contribution in [3.05, 3.63) is 23.7 Å². The number of thioether (sulfide) groups is 1. The summed E-state index contributed by atoms with van der Waals surface area (Å²) in [6, 6.07) is 3.77. The average molecular weight is 279 g/mol. The number of alkyl halides is 2. The Morgan fingerprint density at radius 3 is 2.78 bits per heavy atom. The number of hydrogen-bond acceptors (Lipinski definition) is 4. The van der Waals surface area contributed by atoms with Gasteiger partial charge in [-0.25, -0.2) is 0 Å². The highest BCUT2D eigenvalue weighted by molar-refractivity contribution is 7.98. The van der Waals surface area contributed by atoms with Gasteiger partial charge in [0.05, 0.1) is 18.9 Å². The van der Waals surface area contributed by atoms with Gasteiger partial charge in [-0.1, -0.05) is 11.8 Å². The quantitative estimate of drug-likeness (QED) is 0.752. The van der Waals surface area contributed by atoms with Crippen molar-refractivity contribution in [2.45, 2.75) is 37.9 Å². The van der Waals surface area contributed by atoms with E-state index in [0.29, 0.717) is 37.3 Å². The lowest BCUT2D eigenvalue weighted by molar-refractivity contribution is 0.126. The van der Waals surface area contributed by atoms with Gasteiger partial charge < -0.3 is 14.5 Å². The maximum absolute atomic E-state index is 12.0. The molecule has 0 bridgehead atoms. The molecule has 104 valence electrons. The SMILES string of the molecule is CCOCC(C)NCc1ccc(CSC(F)F)o1. The van der Waals surface area contributed by atoms with Crippen molar-refractivity contribution in [1.29, 1.82) is 0 Å². The van der Waals surface area contributed by atoms with Crippen LogP contribution in [0, 0.1) is 0 Å². The van der Waals surface area contributed by atoms with Gasteiger partial charge in [-0.2, -0.15) is 8.78 Å². The number of halogens is 2. The van der Waals surface area contributed by atoms with Crippen molar-refractivity contribution in [3.63, 3.8) is 0 Å². The summed E-state index contributed by atoms with van der Waals surface area (Å²) in [5.74, 6) is -0.827. The van der Waals surface area contributed by atoms with Crippen molar-refractivity contribution in [1.82, 2.24) is 5.32 Å². The van der Waals surface area contributed by atoms with E-state index >= 15 is 0 Å². The molecule has 6 heteroatoms. The Bertz CT molecular complexity index is 334. The van der Waals surface area contributed by atoms with E-state index in [1.165, 1.54) is 0 Å². The van der Waals surface area contributed by atoms with Crippen molar-refractivity contribution in [2.75, 3.05) is 13.2 Å². The molecule has 0 fully saturated rings. The number of hydrogen-bond donors (Lipinski definition) is 1. The van der Waals surface area contributed by atoms with Crippen LogP contribution < -0.4 is 5.32 Å². The van der Waals surface area contributed by atoms with Crippen molar-refractivity contribution in [2.24, 2.45) is 0 Å². The Labute approximate surface area is 110 Å². The van der Waals surface area contributed by atoms with Crippen LogP contribution in [0.2, 0.25) is 0 Å². The molecule has 0 saturated heterocycles. The monoisotopic (exact) mass is 279 g/mol. The Morgan fingerprint density at radius 1 is 1.39 bits per heavy atom. The lowest BCUT2D eigenvalue weighted by Crippen LogP contribution is -2.29. The van der Waals surface area contributed by atoms with Crippen LogP contribution in [0.4, 0.5) is 8.78 Å². The van der Waals surface area contributed by atoms with Gasteiger partial charge in [0.15, 0.2) is 0 Å². The molecule has 1 aromatic rings. The summed E-state index contributed by atoms with van der Waals surface area (Å²) >= 11 is 0.566. The Morgan fingerprint density at radius 2 is 2.11 bits per heavy atom. The van der Waals surface area contributed by atoms with Crippen LogP contribution in [0.1, 0.15) is 25.4 Å². The molecule has 0 aliphatic carbocycles. The molecule has 1 atom stereocenters. The standard InChI is InChI=1S/C12H19F2NO2S/c1-3-16-7-9(2)15-6-10-4-5-11(17-10)8-18-12(13)14/h4-5,9,12,15H,3,6-8H2,1-2H3. The largest absolute Gasteiger partial charge is 0.464 e. The topological polar surface area (TPSA) is 34.4 Å². The summed E-state index contributed by atoms with van der Waals surface area (Å²) < 4.78 is 34.7. The molecule has 1 aromatic heterocycles. The minimum absolute atomic E-state index is 0.201. The molecule has 0 aliphatic heterocycles. The first-order valence-corrected chi connectivity index (χ1v) is 6.95. The molecule has 1 unspecified atom stereocenters. The lowest BCUT2D eigenvalue weighted by Gasteiger charge is -2.12. The predicted molar refractivity (Wildman–Crippen MR) is 68.8 cm³/mol. The van der Waals surface area contributed by atoms with E-state index in [-0.39, 0.29) is 11.8 Å². The van der Waals surface area contributed by atoms with Gasteiger partial charge in [0.2, 0.25) is 0 Å². The minimum atomic E-state index is -2.36. The summed E-state index contributed by atoms with van der Waals surface area (Å²) in [6.07, 6.45) is 0. The Balaban J connectivity index is 2.26. The second kappa shape index (κ2) is 8.50. The van der Waals surface area contributed by atoms with Crippen LogP contribution in [0.25, 0.3) is 0 Å². The molecule has 0 aromatic carbocycles. The number of furan rings is 1. The molecular formula is C12H19F2NO2S. The first-order valence-electron chi connectivity index (χ1n) is 5.90. The van der Waals surface area contributed by atoms with E-state index in [2.05, 4.69) is 5.32 Å². The normalized spacial score (nSPS) is 13.2. The maximum Gasteiger partial charge on any atom is 0.284 e. The Kier molecular flexibility index (Phi) is 7.31. The zero-order valence-corrected chi connectivity index (χ0v) is 11.4. The van der Waals surface area contributed by atoms with Gasteiger partial charge in [-0.15, -0.1) is 0 Å². The van der Waals surface area contributed by atoms with Crippen molar-refractivity contribution >= 4 is 11.8 Å². The molecule has 18 heavy (non-hydrogen) atoms. The summed E-state index contributed by atoms with van der Waals surface area (Å²) in [7, 11) is 0. The number of ether oxygens (including phenoxy) is 1. The highest BCUT2D eigenvalue weighted by atomic mass is 32.2.